The molecule has 1 aliphatic rings. The second-order valence-corrected chi connectivity index (χ2v) is 7.22. The predicted molar refractivity (Wildman–Crippen MR) is 93.5 cm³/mol. The van der Waals surface area contributed by atoms with Gasteiger partial charge >= 0.3 is 6.18 Å². The van der Waals surface area contributed by atoms with Crippen molar-refractivity contribution < 1.29 is 18.0 Å². The van der Waals surface area contributed by atoms with Gasteiger partial charge in [-0.2, -0.15) is 23.4 Å². The van der Waals surface area contributed by atoms with Crippen LogP contribution in [-0.4, -0.2) is 32.0 Å². The third kappa shape index (κ3) is 4.63. The maximum Gasteiger partial charge on any atom is 0.435 e. The molecule has 3 rings (SSSR count). The van der Waals surface area contributed by atoms with Crippen LogP contribution in [0.1, 0.15) is 55.2 Å². The molecule has 1 amide bonds. The van der Waals surface area contributed by atoms with E-state index in [2.05, 4.69) is 15.5 Å². The van der Waals surface area contributed by atoms with Crippen LogP contribution in [0, 0.1) is 6.92 Å². The summed E-state index contributed by atoms with van der Waals surface area (Å²) in [6, 6.07) is 0.613. The van der Waals surface area contributed by atoms with Crippen LogP contribution in [0.15, 0.2) is 12.3 Å². The van der Waals surface area contributed by atoms with E-state index in [1.807, 2.05) is 0 Å². The van der Waals surface area contributed by atoms with Gasteiger partial charge in [0.25, 0.3) is 0 Å². The summed E-state index contributed by atoms with van der Waals surface area (Å²) < 4.78 is 41.6. The van der Waals surface area contributed by atoms with Gasteiger partial charge in [0.2, 0.25) is 5.91 Å². The molecule has 0 aromatic carbocycles. The molecule has 148 valence electrons. The van der Waals surface area contributed by atoms with Gasteiger partial charge in [-0.15, -0.1) is 0 Å². The Morgan fingerprint density at radius 1 is 1.41 bits per heavy atom. The predicted octanol–water partition coefficient (Wildman–Crippen LogP) is 3.71. The van der Waals surface area contributed by atoms with Crippen molar-refractivity contribution in [2.24, 2.45) is 0 Å². The van der Waals surface area contributed by atoms with Crippen molar-refractivity contribution in [2.45, 2.75) is 57.8 Å². The lowest BCUT2D eigenvalue weighted by Gasteiger charge is -2.13. The minimum absolute atomic E-state index is 0.163. The number of alkyl halides is 3. The van der Waals surface area contributed by atoms with Gasteiger partial charge in [-0.25, -0.2) is 0 Å². The van der Waals surface area contributed by atoms with E-state index in [9.17, 15) is 18.0 Å². The smallest absolute Gasteiger partial charge is 0.354 e. The van der Waals surface area contributed by atoms with Gasteiger partial charge in [-0.05, 0) is 39.2 Å². The van der Waals surface area contributed by atoms with E-state index >= 15 is 0 Å². The number of carbonyl (C=O) groups excluding carboxylic acids is 1. The van der Waals surface area contributed by atoms with Crippen molar-refractivity contribution in [3.63, 3.8) is 0 Å². The number of hydrogen-bond donors (Lipinski definition) is 1. The zero-order valence-electron chi connectivity index (χ0n) is 15.1. The third-order valence-electron chi connectivity index (χ3n) is 4.58. The SMILES string of the molecule is Cc1nn(C(C)C(=O)NCCCn2nc(C(F)(F)F)cc2C2CC2)cc1Cl. The van der Waals surface area contributed by atoms with Crippen LogP contribution in [0.4, 0.5) is 13.2 Å². The summed E-state index contributed by atoms with van der Waals surface area (Å²) in [4.78, 5) is 12.2. The van der Waals surface area contributed by atoms with Crippen LogP contribution in [-0.2, 0) is 17.5 Å². The number of aromatic nitrogens is 4. The molecule has 2 aromatic rings. The normalized spacial score (nSPS) is 15.8. The van der Waals surface area contributed by atoms with Crippen LogP contribution in [0.2, 0.25) is 5.02 Å². The van der Waals surface area contributed by atoms with Crippen molar-refractivity contribution in [3.05, 3.63) is 34.4 Å². The average Bonchev–Trinajstić information content (AvgIpc) is 3.26. The Morgan fingerprint density at radius 2 is 2.11 bits per heavy atom. The molecule has 1 atom stereocenters. The molecule has 1 unspecified atom stereocenters. The number of carbonyl (C=O) groups is 1. The molecular weight excluding hydrogens is 383 g/mol. The zero-order chi connectivity index (χ0) is 19.8. The van der Waals surface area contributed by atoms with Gasteiger partial charge in [0.15, 0.2) is 5.69 Å². The monoisotopic (exact) mass is 403 g/mol. The minimum atomic E-state index is -4.44. The quantitative estimate of drug-likeness (QED) is 0.717. The van der Waals surface area contributed by atoms with E-state index in [0.717, 1.165) is 18.9 Å². The molecule has 1 aliphatic carbocycles. The number of nitrogens with zero attached hydrogens (tertiary/aromatic N) is 4. The molecule has 0 saturated heterocycles. The van der Waals surface area contributed by atoms with Crippen molar-refractivity contribution in [3.8, 4) is 0 Å². The highest BCUT2D eigenvalue weighted by Crippen LogP contribution is 2.42. The fourth-order valence-electron chi connectivity index (χ4n) is 2.82. The lowest BCUT2D eigenvalue weighted by atomic mass is 10.2. The van der Waals surface area contributed by atoms with Crippen LogP contribution in [0.25, 0.3) is 0 Å². The lowest BCUT2D eigenvalue weighted by Crippen LogP contribution is -2.32. The van der Waals surface area contributed by atoms with Gasteiger partial charge in [-0.1, -0.05) is 11.6 Å². The van der Waals surface area contributed by atoms with Crippen LogP contribution in [0.5, 0.6) is 0 Å². The van der Waals surface area contributed by atoms with Crippen LogP contribution >= 0.6 is 11.6 Å². The summed E-state index contributed by atoms with van der Waals surface area (Å²) in [5.74, 6) is -0.0657. The highest BCUT2D eigenvalue weighted by Gasteiger charge is 2.37. The molecule has 10 heteroatoms. The van der Waals surface area contributed by atoms with Crippen LogP contribution < -0.4 is 5.32 Å². The summed E-state index contributed by atoms with van der Waals surface area (Å²) in [5, 5.41) is 11.1. The standard InChI is InChI=1S/C17H21ClF3N5O/c1-10-13(18)9-26(23-10)11(2)16(27)22-6-3-7-25-14(12-4-5-12)8-15(24-25)17(19,20)21/h8-9,11-12H,3-7H2,1-2H3,(H,22,27). The molecule has 0 aliphatic heterocycles. The van der Waals surface area contributed by atoms with Gasteiger partial charge in [0.05, 0.1) is 10.7 Å². The van der Waals surface area contributed by atoms with E-state index in [1.165, 1.54) is 9.36 Å². The first-order valence-electron chi connectivity index (χ1n) is 8.80. The minimum Gasteiger partial charge on any atom is -0.354 e. The molecule has 27 heavy (non-hydrogen) atoms. The largest absolute Gasteiger partial charge is 0.435 e. The summed E-state index contributed by atoms with van der Waals surface area (Å²) in [5.41, 5.74) is 0.416. The van der Waals surface area contributed by atoms with Crippen molar-refractivity contribution in [2.75, 3.05) is 6.54 Å². The maximum absolute atomic E-state index is 12.9. The molecule has 1 fully saturated rings. The number of halogens is 4. The summed E-state index contributed by atoms with van der Waals surface area (Å²) in [6.45, 7) is 4.11. The van der Waals surface area contributed by atoms with Crippen molar-refractivity contribution in [1.82, 2.24) is 24.9 Å². The Morgan fingerprint density at radius 3 is 2.67 bits per heavy atom. The maximum atomic E-state index is 12.9. The fourth-order valence-corrected chi connectivity index (χ4v) is 2.96. The average molecular weight is 404 g/mol. The molecule has 1 saturated carbocycles. The first kappa shape index (κ1) is 19.7. The molecule has 0 radical (unpaired) electrons. The molecule has 1 N–H and O–H groups in total. The van der Waals surface area contributed by atoms with Gasteiger partial charge in [0, 0.05) is 30.9 Å². The molecular formula is C17H21ClF3N5O. The Bertz CT molecular complexity index is 806. The summed E-state index contributed by atoms with van der Waals surface area (Å²) in [7, 11) is 0. The topological polar surface area (TPSA) is 64.7 Å². The highest BCUT2D eigenvalue weighted by molar-refractivity contribution is 6.31. The highest BCUT2D eigenvalue weighted by atomic mass is 35.5. The fraction of sp³-hybridized carbons (Fsp3) is 0.588. The Labute approximate surface area is 159 Å². The van der Waals surface area contributed by atoms with Gasteiger partial charge < -0.3 is 5.32 Å². The Balaban J connectivity index is 1.52. The van der Waals surface area contributed by atoms with E-state index in [4.69, 9.17) is 11.6 Å². The Kier molecular flexibility index (Phi) is 5.50. The van der Waals surface area contributed by atoms with E-state index in [-0.39, 0.29) is 11.8 Å². The van der Waals surface area contributed by atoms with E-state index in [0.29, 0.717) is 35.9 Å². The second kappa shape index (κ2) is 7.53. The first-order chi connectivity index (χ1) is 12.7. The molecule has 0 bridgehead atoms. The summed E-state index contributed by atoms with van der Waals surface area (Å²) >= 11 is 5.95. The molecule has 2 heterocycles. The van der Waals surface area contributed by atoms with Gasteiger partial charge in [0.1, 0.15) is 6.04 Å². The van der Waals surface area contributed by atoms with Crippen LogP contribution in [0.3, 0.4) is 0 Å². The Hall–Kier alpha value is -2.03. The number of amides is 1. The van der Waals surface area contributed by atoms with Crippen molar-refractivity contribution in [1.29, 1.82) is 0 Å². The van der Waals surface area contributed by atoms with E-state index in [1.54, 1.807) is 20.0 Å². The molecule has 2 aromatic heterocycles. The zero-order valence-corrected chi connectivity index (χ0v) is 15.8. The number of aryl methyl sites for hydroxylation is 2. The molecule has 6 nitrogen and oxygen atoms in total. The van der Waals surface area contributed by atoms with E-state index < -0.39 is 17.9 Å². The number of nitrogens with one attached hydrogen (secondary N) is 1. The van der Waals surface area contributed by atoms with Crippen molar-refractivity contribution >= 4 is 17.5 Å². The molecule has 0 spiro atoms. The number of rotatable bonds is 7. The van der Waals surface area contributed by atoms with Gasteiger partial charge in [-0.3, -0.25) is 14.2 Å². The first-order valence-corrected chi connectivity index (χ1v) is 9.18. The lowest BCUT2D eigenvalue weighted by molar-refractivity contribution is -0.141. The third-order valence-corrected chi connectivity index (χ3v) is 4.95. The summed E-state index contributed by atoms with van der Waals surface area (Å²) in [6.07, 6.45) is -0.588. The second-order valence-electron chi connectivity index (χ2n) is 6.81. The number of hydrogen-bond acceptors (Lipinski definition) is 3.